The van der Waals surface area contributed by atoms with Crippen LogP contribution in [0.4, 0.5) is 5.82 Å². The zero-order valence-electron chi connectivity index (χ0n) is 6.38. The maximum absolute atomic E-state index is 4.02. The van der Waals surface area contributed by atoms with Crippen molar-refractivity contribution in [2.45, 2.75) is 19.3 Å². The average Bonchev–Trinajstić information content (AvgIpc) is 2.28. The Balaban J connectivity index is 2.33. The molecule has 0 saturated carbocycles. The molecular formula is C8H11N3. The molecule has 0 spiro atoms. The van der Waals surface area contributed by atoms with Crippen LogP contribution in [0.25, 0.3) is 0 Å². The van der Waals surface area contributed by atoms with Gasteiger partial charge in [-0.25, -0.2) is 0 Å². The molecule has 0 saturated heterocycles. The summed E-state index contributed by atoms with van der Waals surface area (Å²) < 4.78 is 0. The van der Waals surface area contributed by atoms with Crippen molar-refractivity contribution >= 4 is 5.82 Å². The van der Waals surface area contributed by atoms with Crippen LogP contribution in [-0.4, -0.2) is 16.7 Å². The summed E-state index contributed by atoms with van der Waals surface area (Å²) in [5.41, 5.74) is 1.30. The van der Waals surface area contributed by atoms with Crippen LogP contribution in [0, 0.1) is 0 Å². The van der Waals surface area contributed by atoms with Crippen molar-refractivity contribution in [2.24, 2.45) is 0 Å². The standard InChI is InChI=1S/C8H11N3/c1-2-5-9-8-7(3-1)4-6-10-11-8/h4,6H,1-3,5H2,(H,9,11). The van der Waals surface area contributed by atoms with Crippen molar-refractivity contribution in [1.29, 1.82) is 0 Å². The van der Waals surface area contributed by atoms with E-state index in [0.29, 0.717) is 0 Å². The zero-order chi connectivity index (χ0) is 7.52. The van der Waals surface area contributed by atoms with Gasteiger partial charge in [-0.1, -0.05) is 0 Å². The summed E-state index contributed by atoms with van der Waals surface area (Å²) in [5.74, 6) is 0.977. The molecule has 1 aromatic rings. The van der Waals surface area contributed by atoms with E-state index in [1.807, 2.05) is 6.07 Å². The Morgan fingerprint density at radius 2 is 2.36 bits per heavy atom. The Bertz CT molecular complexity index is 222. The van der Waals surface area contributed by atoms with Crippen molar-refractivity contribution in [3.63, 3.8) is 0 Å². The maximum Gasteiger partial charge on any atom is 0.151 e. The monoisotopic (exact) mass is 149 g/mol. The van der Waals surface area contributed by atoms with E-state index in [1.54, 1.807) is 6.20 Å². The van der Waals surface area contributed by atoms with Crippen molar-refractivity contribution in [2.75, 3.05) is 11.9 Å². The van der Waals surface area contributed by atoms with Crippen LogP contribution in [0.1, 0.15) is 18.4 Å². The summed E-state index contributed by atoms with van der Waals surface area (Å²) in [6.45, 7) is 1.03. The molecule has 0 unspecified atom stereocenters. The van der Waals surface area contributed by atoms with Crippen LogP contribution < -0.4 is 5.32 Å². The molecule has 1 aromatic heterocycles. The van der Waals surface area contributed by atoms with Gasteiger partial charge in [0.1, 0.15) is 0 Å². The van der Waals surface area contributed by atoms with Crippen molar-refractivity contribution in [3.05, 3.63) is 17.8 Å². The third-order valence-corrected chi connectivity index (χ3v) is 1.97. The van der Waals surface area contributed by atoms with Gasteiger partial charge in [0, 0.05) is 6.54 Å². The molecule has 0 amide bonds. The molecule has 0 atom stereocenters. The Morgan fingerprint density at radius 1 is 1.36 bits per heavy atom. The molecule has 0 aromatic carbocycles. The Labute approximate surface area is 65.8 Å². The van der Waals surface area contributed by atoms with Crippen LogP contribution >= 0.6 is 0 Å². The van der Waals surface area contributed by atoms with E-state index in [1.165, 1.54) is 18.4 Å². The minimum absolute atomic E-state index is 0.977. The number of aryl methyl sites for hydroxylation is 1. The number of hydrogen-bond donors (Lipinski definition) is 1. The van der Waals surface area contributed by atoms with Gasteiger partial charge >= 0.3 is 0 Å². The maximum atomic E-state index is 4.02. The molecule has 1 N–H and O–H groups in total. The van der Waals surface area contributed by atoms with E-state index in [9.17, 15) is 0 Å². The SMILES string of the molecule is c1cc2c(nn1)NCCCC2. The third kappa shape index (κ3) is 1.31. The lowest BCUT2D eigenvalue weighted by Crippen LogP contribution is -2.02. The highest BCUT2D eigenvalue weighted by Crippen LogP contribution is 2.16. The molecule has 0 bridgehead atoms. The first kappa shape index (κ1) is 6.58. The summed E-state index contributed by atoms with van der Waals surface area (Å²) >= 11 is 0. The van der Waals surface area contributed by atoms with Gasteiger partial charge < -0.3 is 5.32 Å². The highest BCUT2D eigenvalue weighted by Gasteiger charge is 2.06. The molecule has 1 aliphatic rings. The van der Waals surface area contributed by atoms with Gasteiger partial charge in [-0.05, 0) is 30.9 Å². The van der Waals surface area contributed by atoms with E-state index in [0.717, 1.165) is 18.8 Å². The first-order valence-electron chi connectivity index (χ1n) is 4.01. The molecule has 0 aliphatic carbocycles. The highest BCUT2D eigenvalue weighted by molar-refractivity contribution is 5.43. The quantitative estimate of drug-likeness (QED) is 0.602. The van der Waals surface area contributed by atoms with Crippen LogP contribution in [0.2, 0.25) is 0 Å². The molecule has 58 valence electrons. The molecule has 2 rings (SSSR count). The largest absolute Gasteiger partial charge is 0.368 e. The predicted molar refractivity (Wildman–Crippen MR) is 43.5 cm³/mol. The number of fused-ring (bicyclic) bond motifs is 1. The zero-order valence-corrected chi connectivity index (χ0v) is 6.38. The molecule has 3 nitrogen and oxygen atoms in total. The van der Waals surface area contributed by atoms with E-state index in [2.05, 4.69) is 15.5 Å². The summed E-state index contributed by atoms with van der Waals surface area (Å²) in [4.78, 5) is 0. The lowest BCUT2D eigenvalue weighted by atomic mass is 10.1. The highest BCUT2D eigenvalue weighted by atomic mass is 15.2. The van der Waals surface area contributed by atoms with E-state index in [-0.39, 0.29) is 0 Å². The van der Waals surface area contributed by atoms with Crippen molar-refractivity contribution in [3.8, 4) is 0 Å². The fourth-order valence-electron chi connectivity index (χ4n) is 1.36. The molecule has 1 aliphatic heterocycles. The van der Waals surface area contributed by atoms with E-state index < -0.39 is 0 Å². The number of nitrogens with one attached hydrogen (secondary N) is 1. The second kappa shape index (κ2) is 2.86. The van der Waals surface area contributed by atoms with Gasteiger partial charge in [-0.2, -0.15) is 5.10 Å². The van der Waals surface area contributed by atoms with Gasteiger partial charge in [0.25, 0.3) is 0 Å². The normalized spacial score (nSPS) is 16.4. The Kier molecular flexibility index (Phi) is 1.71. The minimum Gasteiger partial charge on any atom is -0.368 e. The molecule has 0 fully saturated rings. The van der Waals surface area contributed by atoms with Crippen LogP contribution in [0.15, 0.2) is 12.3 Å². The Morgan fingerprint density at radius 3 is 3.36 bits per heavy atom. The van der Waals surface area contributed by atoms with Crippen LogP contribution in [-0.2, 0) is 6.42 Å². The summed E-state index contributed by atoms with van der Waals surface area (Å²) in [6, 6.07) is 2.04. The smallest absolute Gasteiger partial charge is 0.151 e. The first-order valence-corrected chi connectivity index (χ1v) is 4.01. The van der Waals surface area contributed by atoms with Crippen LogP contribution in [0.3, 0.4) is 0 Å². The molecular weight excluding hydrogens is 138 g/mol. The van der Waals surface area contributed by atoms with Crippen molar-refractivity contribution in [1.82, 2.24) is 10.2 Å². The number of rotatable bonds is 0. The molecule has 11 heavy (non-hydrogen) atoms. The number of nitrogens with zero attached hydrogens (tertiary/aromatic N) is 2. The van der Waals surface area contributed by atoms with E-state index in [4.69, 9.17) is 0 Å². The summed E-state index contributed by atoms with van der Waals surface area (Å²) in [7, 11) is 0. The van der Waals surface area contributed by atoms with Crippen LogP contribution in [0.5, 0.6) is 0 Å². The van der Waals surface area contributed by atoms with Crippen molar-refractivity contribution < 1.29 is 0 Å². The third-order valence-electron chi connectivity index (χ3n) is 1.97. The first-order chi connectivity index (χ1) is 5.47. The number of anilines is 1. The summed E-state index contributed by atoms with van der Waals surface area (Å²) in [5, 5.41) is 11.1. The summed E-state index contributed by atoms with van der Waals surface area (Å²) in [6.07, 6.45) is 5.38. The van der Waals surface area contributed by atoms with Gasteiger partial charge in [-0.15, -0.1) is 5.10 Å². The topological polar surface area (TPSA) is 37.8 Å². The average molecular weight is 149 g/mol. The lowest BCUT2D eigenvalue weighted by Gasteiger charge is -2.02. The lowest BCUT2D eigenvalue weighted by molar-refractivity contribution is 0.785. The fourth-order valence-corrected chi connectivity index (χ4v) is 1.36. The predicted octanol–water partition coefficient (Wildman–Crippen LogP) is 1.22. The second-order valence-corrected chi connectivity index (χ2v) is 2.79. The van der Waals surface area contributed by atoms with Gasteiger partial charge in [-0.3, -0.25) is 0 Å². The Hall–Kier alpha value is -1.12. The minimum atomic E-state index is 0.977. The fraction of sp³-hybridized carbons (Fsp3) is 0.500. The van der Waals surface area contributed by atoms with E-state index >= 15 is 0 Å². The number of hydrogen-bond acceptors (Lipinski definition) is 3. The van der Waals surface area contributed by atoms with Gasteiger partial charge in [0.15, 0.2) is 5.82 Å². The van der Waals surface area contributed by atoms with Gasteiger partial charge in [0.05, 0.1) is 6.20 Å². The molecule has 2 heterocycles. The second-order valence-electron chi connectivity index (χ2n) is 2.79. The molecule has 3 heteroatoms. The number of aromatic nitrogens is 2. The molecule has 0 radical (unpaired) electrons. The van der Waals surface area contributed by atoms with Gasteiger partial charge in [0.2, 0.25) is 0 Å².